The maximum Gasteiger partial charge on any atom is 0.151 e. The Hall–Kier alpha value is -2.06. The van der Waals surface area contributed by atoms with E-state index in [9.17, 15) is 13.5 Å². The van der Waals surface area contributed by atoms with E-state index < -0.39 is 9.84 Å². The number of rotatable bonds is 9. The van der Waals surface area contributed by atoms with Crippen LogP contribution >= 0.6 is 11.6 Å². The Labute approximate surface area is 182 Å². The molecule has 1 heterocycles. The van der Waals surface area contributed by atoms with E-state index in [1.165, 1.54) is 11.8 Å². The molecule has 3 aromatic rings. The monoisotopic (exact) mass is 450 g/mol. The van der Waals surface area contributed by atoms with Crippen LogP contribution in [0.4, 0.5) is 0 Å². The molecule has 1 aromatic heterocycles. The van der Waals surface area contributed by atoms with Gasteiger partial charge in [-0.3, -0.25) is 0 Å². The highest BCUT2D eigenvalue weighted by Crippen LogP contribution is 2.27. The van der Waals surface area contributed by atoms with Crippen molar-refractivity contribution in [3.8, 4) is 5.75 Å². The van der Waals surface area contributed by atoms with Gasteiger partial charge in [-0.15, -0.1) is 0 Å². The van der Waals surface area contributed by atoms with Crippen molar-refractivity contribution in [1.29, 1.82) is 0 Å². The van der Waals surface area contributed by atoms with Crippen molar-refractivity contribution in [3.05, 3.63) is 63.8 Å². The van der Waals surface area contributed by atoms with Gasteiger partial charge in [-0.05, 0) is 48.7 Å². The summed E-state index contributed by atoms with van der Waals surface area (Å²) in [5, 5.41) is 14.1. The molecule has 0 saturated carbocycles. The van der Waals surface area contributed by atoms with Crippen LogP contribution in [-0.2, 0) is 15.6 Å². The molecule has 0 aliphatic heterocycles. The Morgan fingerprint density at radius 3 is 2.67 bits per heavy atom. The van der Waals surface area contributed by atoms with Crippen LogP contribution < -0.4 is 10.1 Å². The second kappa shape index (κ2) is 9.39. The molecule has 0 fully saturated rings. The van der Waals surface area contributed by atoms with E-state index in [1.807, 2.05) is 31.2 Å². The summed E-state index contributed by atoms with van der Waals surface area (Å²) in [6.07, 6.45) is 1.18. The fourth-order valence-electron chi connectivity index (χ4n) is 3.44. The number of hydrogen-bond donors (Lipinski definition) is 3. The number of aromatic nitrogens is 1. The molecule has 0 amide bonds. The fraction of sp³-hybridized carbons (Fsp3) is 0.364. The summed E-state index contributed by atoms with van der Waals surface area (Å²) >= 11 is 6.19. The van der Waals surface area contributed by atoms with Crippen molar-refractivity contribution >= 4 is 32.3 Å². The van der Waals surface area contributed by atoms with Crippen molar-refractivity contribution < 1.29 is 18.3 Å². The molecule has 3 rings (SSSR count). The molecule has 0 aliphatic carbocycles. The second-order valence-electron chi connectivity index (χ2n) is 7.54. The molecule has 0 spiro atoms. The predicted octanol–water partition coefficient (Wildman–Crippen LogP) is 3.68. The van der Waals surface area contributed by atoms with Crippen LogP contribution in [-0.4, -0.2) is 44.5 Å². The lowest BCUT2D eigenvalue weighted by Gasteiger charge is -2.20. The normalized spacial score (nSPS) is 13.0. The molecular formula is C22H27ClN2O4S. The lowest BCUT2D eigenvalue weighted by Crippen LogP contribution is -2.29. The molecular weight excluding hydrogens is 424 g/mol. The van der Waals surface area contributed by atoms with Crippen LogP contribution in [0.2, 0.25) is 5.02 Å². The van der Waals surface area contributed by atoms with Gasteiger partial charge in [0.25, 0.3) is 0 Å². The summed E-state index contributed by atoms with van der Waals surface area (Å²) in [6.45, 7) is 4.79. The van der Waals surface area contributed by atoms with Crippen LogP contribution in [0, 0.1) is 13.8 Å². The standard InChI is InChI=1S/C22H27ClN2O4S/c1-14-15(2)25-21-11-18(5-6-19(14)21)29-12-22(24-8-9-26)16-4-7-20(23)17(10-16)13-30(3,27)28/h4-7,10-11,22,24-26H,8-9,12-13H2,1-3H3. The smallest absolute Gasteiger partial charge is 0.151 e. The van der Waals surface area contributed by atoms with Crippen molar-refractivity contribution in [2.24, 2.45) is 0 Å². The third-order valence-electron chi connectivity index (χ3n) is 5.09. The highest BCUT2D eigenvalue weighted by molar-refractivity contribution is 7.89. The van der Waals surface area contributed by atoms with E-state index in [-0.39, 0.29) is 18.4 Å². The number of fused-ring (bicyclic) bond motifs is 1. The van der Waals surface area contributed by atoms with Crippen molar-refractivity contribution in [2.75, 3.05) is 26.0 Å². The molecule has 0 radical (unpaired) electrons. The SMILES string of the molecule is Cc1[nH]c2cc(OCC(NCCO)c3ccc(Cl)c(CS(C)(=O)=O)c3)ccc2c1C. The Bertz CT molecular complexity index is 1140. The number of aliphatic hydroxyl groups excluding tert-OH is 1. The number of benzene rings is 2. The second-order valence-corrected chi connectivity index (χ2v) is 10.1. The summed E-state index contributed by atoms with van der Waals surface area (Å²) in [7, 11) is -3.22. The number of ether oxygens (including phenoxy) is 1. The summed E-state index contributed by atoms with van der Waals surface area (Å²) < 4.78 is 29.5. The van der Waals surface area contributed by atoms with Gasteiger partial charge in [0.05, 0.1) is 18.4 Å². The molecule has 30 heavy (non-hydrogen) atoms. The number of hydrogen-bond acceptors (Lipinski definition) is 5. The summed E-state index contributed by atoms with van der Waals surface area (Å²) in [4.78, 5) is 3.36. The molecule has 6 nitrogen and oxygen atoms in total. The first-order valence-electron chi connectivity index (χ1n) is 9.70. The van der Waals surface area contributed by atoms with Gasteiger partial charge in [0.1, 0.15) is 12.4 Å². The predicted molar refractivity (Wildman–Crippen MR) is 121 cm³/mol. The summed E-state index contributed by atoms with van der Waals surface area (Å²) in [6, 6.07) is 11.0. The third-order valence-corrected chi connectivity index (χ3v) is 6.29. The first-order valence-corrected chi connectivity index (χ1v) is 12.1. The lowest BCUT2D eigenvalue weighted by molar-refractivity contribution is 0.242. The van der Waals surface area contributed by atoms with Gasteiger partial charge < -0.3 is 20.1 Å². The lowest BCUT2D eigenvalue weighted by atomic mass is 10.0. The molecule has 0 saturated heterocycles. The number of H-pyrrole nitrogens is 1. The van der Waals surface area contributed by atoms with Gasteiger partial charge in [0.2, 0.25) is 0 Å². The Morgan fingerprint density at radius 1 is 1.20 bits per heavy atom. The topological polar surface area (TPSA) is 91.4 Å². The maximum absolute atomic E-state index is 11.7. The number of sulfone groups is 1. The van der Waals surface area contributed by atoms with E-state index in [0.29, 0.717) is 23.7 Å². The van der Waals surface area contributed by atoms with Gasteiger partial charge in [0.15, 0.2) is 9.84 Å². The van der Waals surface area contributed by atoms with Gasteiger partial charge in [-0.2, -0.15) is 0 Å². The quantitative estimate of drug-likeness (QED) is 0.462. The zero-order valence-corrected chi connectivity index (χ0v) is 18.9. The van der Waals surface area contributed by atoms with Gasteiger partial charge in [-0.1, -0.05) is 23.7 Å². The average Bonchev–Trinajstić information content (AvgIpc) is 2.96. The largest absolute Gasteiger partial charge is 0.492 e. The van der Waals surface area contributed by atoms with E-state index >= 15 is 0 Å². The number of aromatic amines is 1. The first kappa shape index (κ1) is 22.6. The molecule has 162 valence electrons. The minimum absolute atomic E-state index is 0.0206. The van der Waals surface area contributed by atoms with Crippen molar-refractivity contribution in [2.45, 2.75) is 25.6 Å². The zero-order chi connectivity index (χ0) is 21.9. The van der Waals surface area contributed by atoms with E-state index in [0.717, 1.165) is 27.9 Å². The van der Waals surface area contributed by atoms with Gasteiger partial charge in [0, 0.05) is 40.5 Å². The van der Waals surface area contributed by atoms with Crippen molar-refractivity contribution in [1.82, 2.24) is 10.3 Å². The Kier molecular flexibility index (Phi) is 7.08. The first-order chi connectivity index (χ1) is 14.2. The van der Waals surface area contributed by atoms with Crippen LogP contribution in [0.1, 0.15) is 28.4 Å². The number of aryl methyl sites for hydroxylation is 2. The van der Waals surface area contributed by atoms with E-state index in [2.05, 4.69) is 17.2 Å². The Balaban J connectivity index is 1.82. The molecule has 8 heteroatoms. The molecule has 0 aliphatic rings. The third kappa shape index (κ3) is 5.55. The minimum atomic E-state index is -3.22. The molecule has 1 unspecified atom stereocenters. The highest BCUT2D eigenvalue weighted by atomic mass is 35.5. The van der Waals surface area contributed by atoms with Gasteiger partial charge in [-0.25, -0.2) is 8.42 Å². The van der Waals surface area contributed by atoms with E-state index in [1.54, 1.807) is 12.1 Å². The maximum atomic E-state index is 11.7. The number of nitrogens with one attached hydrogen (secondary N) is 2. The molecule has 3 N–H and O–H groups in total. The van der Waals surface area contributed by atoms with Gasteiger partial charge >= 0.3 is 0 Å². The molecule has 1 atom stereocenters. The van der Waals surface area contributed by atoms with Crippen LogP contribution in [0.5, 0.6) is 5.75 Å². The Morgan fingerprint density at radius 2 is 1.97 bits per heavy atom. The number of halogens is 1. The highest BCUT2D eigenvalue weighted by Gasteiger charge is 2.16. The summed E-state index contributed by atoms with van der Waals surface area (Å²) in [5.41, 5.74) is 4.76. The molecule has 2 aromatic carbocycles. The van der Waals surface area contributed by atoms with Crippen LogP contribution in [0.25, 0.3) is 10.9 Å². The summed E-state index contributed by atoms with van der Waals surface area (Å²) in [5.74, 6) is 0.597. The van der Waals surface area contributed by atoms with Crippen LogP contribution in [0.3, 0.4) is 0 Å². The zero-order valence-electron chi connectivity index (χ0n) is 17.3. The molecule has 0 bridgehead atoms. The van der Waals surface area contributed by atoms with Crippen molar-refractivity contribution in [3.63, 3.8) is 0 Å². The van der Waals surface area contributed by atoms with Crippen LogP contribution in [0.15, 0.2) is 36.4 Å². The average molecular weight is 451 g/mol. The van der Waals surface area contributed by atoms with E-state index in [4.69, 9.17) is 16.3 Å². The minimum Gasteiger partial charge on any atom is -0.492 e. The number of aliphatic hydroxyl groups is 1. The fourth-order valence-corrected chi connectivity index (χ4v) is 4.50.